The molecule has 1 aliphatic heterocycles. The number of aromatic nitrogens is 2. The second-order valence-electron chi connectivity index (χ2n) is 7.15. The van der Waals surface area contributed by atoms with Gasteiger partial charge in [0.25, 0.3) is 0 Å². The zero-order chi connectivity index (χ0) is 20.3. The van der Waals surface area contributed by atoms with Crippen LogP contribution in [0.4, 0.5) is 0 Å². The molecule has 148 valence electrons. The number of methoxy groups -OCH3 is 1. The Labute approximate surface area is 164 Å². The number of aryl methyl sites for hydroxylation is 1. The number of ketones is 1. The van der Waals surface area contributed by atoms with E-state index in [-0.39, 0.29) is 12.2 Å². The van der Waals surface area contributed by atoms with E-state index in [9.17, 15) is 14.7 Å². The van der Waals surface area contributed by atoms with Crippen molar-refractivity contribution in [2.45, 2.75) is 44.9 Å². The first kappa shape index (κ1) is 19.9. The lowest BCUT2D eigenvalue weighted by Crippen LogP contribution is -2.38. The van der Waals surface area contributed by atoms with Crippen LogP contribution in [-0.4, -0.2) is 45.9 Å². The van der Waals surface area contributed by atoms with Crippen LogP contribution in [0.15, 0.2) is 35.7 Å². The van der Waals surface area contributed by atoms with Crippen LogP contribution in [0.1, 0.15) is 60.4 Å². The predicted octanol–water partition coefficient (Wildman–Crippen LogP) is 3.05. The van der Waals surface area contributed by atoms with Crippen molar-refractivity contribution >= 4 is 17.5 Å². The maximum Gasteiger partial charge on any atom is 0.303 e. The van der Waals surface area contributed by atoms with E-state index < -0.39 is 11.4 Å². The number of fused-ring (bicyclic) bond motifs is 1. The average molecular weight is 383 g/mol. The number of pyridine rings is 1. The summed E-state index contributed by atoms with van der Waals surface area (Å²) in [5, 5.41) is 14.1. The van der Waals surface area contributed by atoms with E-state index in [0.717, 1.165) is 29.1 Å². The molecule has 2 aromatic rings. The Morgan fingerprint density at radius 2 is 2.11 bits per heavy atom. The van der Waals surface area contributed by atoms with Gasteiger partial charge in [0, 0.05) is 49.0 Å². The van der Waals surface area contributed by atoms with Crippen LogP contribution in [0.25, 0.3) is 0 Å². The van der Waals surface area contributed by atoms with Gasteiger partial charge in [0.05, 0.1) is 18.0 Å². The highest BCUT2D eigenvalue weighted by atomic mass is 16.5. The number of carbonyl (C=O) groups excluding carboxylic acids is 1. The molecule has 2 aromatic heterocycles. The van der Waals surface area contributed by atoms with E-state index in [2.05, 4.69) is 11.9 Å². The molecule has 28 heavy (non-hydrogen) atoms. The SMILES string of the molecule is CCc1ccc2n1N=C(COC)CC2(CCC(=O)O)c1cncc(C(C)=O)c1. The lowest BCUT2D eigenvalue weighted by molar-refractivity contribution is -0.137. The van der Waals surface area contributed by atoms with Gasteiger partial charge in [-0.25, -0.2) is 4.68 Å². The Morgan fingerprint density at radius 3 is 2.75 bits per heavy atom. The standard InChI is InChI=1S/C21H25N3O4/c1-4-18-5-6-19-21(8-7-20(26)27,10-17(13-28-3)23-24(18)19)16-9-15(14(2)25)11-22-12-16/h5-6,9,11-12H,4,7-8,10,13H2,1-3H3,(H,26,27). The van der Waals surface area contributed by atoms with Crippen molar-refractivity contribution in [2.75, 3.05) is 13.7 Å². The topological polar surface area (TPSA) is 93.8 Å². The first-order valence-electron chi connectivity index (χ1n) is 9.36. The van der Waals surface area contributed by atoms with Crippen molar-refractivity contribution in [1.29, 1.82) is 0 Å². The fourth-order valence-corrected chi connectivity index (χ4v) is 3.91. The van der Waals surface area contributed by atoms with Gasteiger partial charge in [-0.1, -0.05) is 6.92 Å². The zero-order valence-corrected chi connectivity index (χ0v) is 16.4. The third-order valence-corrected chi connectivity index (χ3v) is 5.31. The van der Waals surface area contributed by atoms with Crippen molar-refractivity contribution < 1.29 is 19.4 Å². The molecule has 3 rings (SSSR count). The van der Waals surface area contributed by atoms with Gasteiger partial charge in [-0.05, 0) is 43.5 Å². The minimum absolute atomic E-state index is 0.00278. The molecule has 1 unspecified atom stereocenters. The van der Waals surface area contributed by atoms with Gasteiger partial charge in [-0.2, -0.15) is 5.10 Å². The fraction of sp³-hybridized carbons (Fsp3) is 0.429. The summed E-state index contributed by atoms with van der Waals surface area (Å²) in [6.45, 7) is 3.91. The summed E-state index contributed by atoms with van der Waals surface area (Å²) in [6, 6.07) is 5.86. The van der Waals surface area contributed by atoms with Crippen molar-refractivity contribution in [2.24, 2.45) is 5.10 Å². The van der Waals surface area contributed by atoms with Crippen molar-refractivity contribution in [1.82, 2.24) is 9.66 Å². The molecule has 0 saturated heterocycles. The molecule has 0 amide bonds. The molecule has 1 aliphatic rings. The minimum Gasteiger partial charge on any atom is -0.481 e. The van der Waals surface area contributed by atoms with E-state index in [1.165, 1.54) is 6.92 Å². The number of carboxylic acids is 1. The van der Waals surface area contributed by atoms with Crippen LogP contribution < -0.4 is 0 Å². The number of ether oxygens (including phenoxy) is 1. The molecule has 0 aliphatic carbocycles. The predicted molar refractivity (Wildman–Crippen MR) is 105 cm³/mol. The van der Waals surface area contributed by atoms with E-state index in [1.54, 1.807) is 19.5 Å². The molecule has 3 heterocycles. The molecule has 1 atom stereocenters. The fourth-order valence-electron chi connectivity index (χ4n) is 3.91. The molecule has 1 N–H and O–H groups in total. The monoisotopic (exact) mass is 383 g/mol. The third-order valence-electron chi connectivity index (χ3n) is 5.31. The Kier molecular flexibility index (Phi) is 5.74. The normalized spacial score (nSPS) is 18.5. The first-order chi connectivity index (χ1) is 13.4. The van der Waals surface area contributed by atoms with E-state index in [4.69, 9.17) is 9.84 Å². The van der Waals surface area contributed by atoms with Crippen LogP contribution in [0.2, 0.25) is 0 Å². The van der Waals surface area contributed by atoms with Crippen LogP contribution in [-0.2, 0) is 21.4 Å². The maximum atomic E-state index is 11.9. The van der Waals surface area contributed by atoms with Gasteiger partial charge in [-0.15, -0.1) is 0 Å². The molecule has 0 saturated carbocycles. The summed E-state index contributed by atoms with van der Waals surface area (Å²) in [7, 11) is 1.62. The second kappa shape index (κ2) is 8.06. The van der Waals surface area contributed by atoms with Crippen LogP contribution in [0, 0.1) is 0 Å². The number of hydrogen-bond acceptors (Lipinski definition) is 5. The minimum atomic E-state index is -0.861. The van der Waals surface area contributed by atoms with Crippen LogP contribution >= 0.6 is 0 Å². The molecule has 7 nitrogen and oxygen atoms in total. The maximum absolute atomic E-state index is 11.9. The largest absolute Gasteiger partial charge is 0.481 e. The highest BCUT2D eigenvalue weighted by Gasteiger charge is 2.42. The van der Waals surface area contributed by atoms with Gasteiger partial charge in [0.2, 0.25) is 0 Å². The Hall–Kier alpha value is -2.80. The Balaban J connectivity index is 2.23. The summed E-state index contributed by atoms with van der Waals surface area (Å²) in [5.41, 5.74) is 3.50. The molecular formula is C21H25N3O4. The van der Waals surface area contributed by atoms with Crippen molar-refractivity contribution in [3.05, 3.63) is 53.1 Å². The van der Waals surface area contributed by atoms with Gasteiger partial charge in [0.15, 0.2) is 5.78 Å². The third kappa shape index (κ3) is 3.62. The number of aliphatic carboxylic acids is 1. The van der Waals surface area contributed by atoms with Crippen molar-refractivity contribution in [3.8, 4) is 0 Å². The summed E-state index contributed by atoms with van der Waals surface area (Å²) in [6.07, 6.45) is 4.96. The number of Topliss-reactive ketones (excluding diaryl/α,β-unsaturated/α-hetero) is 1. The number of carbonyl (C=O) groups is 2. The molecule has 0 spiro atoms. The number of rotatable bonds is 8. The van der Waals surface area contributed by atoms with Gasteiger partial charge >= 0.3 is 5.97 Å². The average Bonchev–Trinajstić information content (AvgIpc) is 3.10. The Morgan fingerprint density at radius 1 is 1.32 bits per heavy atom. The molecule has 0 bridgehead atoms. The van der Waals surface area contributed by atoms with Gasteiger partial charge < -0.3 is 9.84 Å². The first-order valence-corrected chi connectivity index (χ1v) is 9.36. The Bertz CT molecular complexity index is 931. The van der Waals surface area contributed by atoms with Crippen LogP contribution in [0.5, 0.6) is 0 Å². The summed E-state index contributed by atoms with van der Waals surface area (Å²) >= 11 is 0. The van der Waals surface area contributed by atoms with Gasteiger partial charge in [-0.3, -0.25) is 14.6 Å². The van der Waals surface area contributed by atoms with Gasteiger partial charge in [0.1, 0.15) is 0 Å². The number of hydrogen-bond donors (Lipinski definition) is 1. The summed E-state index contributed by atoms with van der Waals surface area (Å²) in [5.74, 6) is -0.936. The molecule has 0 radical (unpaired) electrons. The van der Waals surface area contributed by atoms with Crippen LogP contribution in [0.3, 0.4) is 0 Å². The zero-order valence-electron chi connectivity index (χ0n) is 16.4. The highest BCUT2D eigenvalue weighted by molar-refractivity contribution is 5.94. The summed E-state index contributed by atoms with van der Waals surface area (Å²) < 4.78 is 7.24. The quantitative estimate of drug-likeness (QED) is 0.707. The molecule has 0 fully saturated rings. The molecule has 0 aromatic carbocycles. The number of nitrogens with zero attached hydrogens (tertiary/aromatic N) is 3. The van der Waals surface area contributed by atoms with E-state index in [1.807, 2.05) is 22.9 Å². The smallest absolute Gasteiger partial charge is 0.303 e. The summed E-state index contributed by atoms with van der Waals surface area (Å²) in [4.78, 5) is 27.6. The molecule has 7 heteroatoms. The second-order valence-corrected chi connectivity index (χ2v) is 7.15. The van der Waals surface area contributed by atoms with Crippen molar-refractivity contribution in [3.63, 3.8) is 0 Å². The number of carboxylic acid groups (broad SMARTS) is 1. The lowest BCUT2D eigenvalue weighted by Gasteiger charge is -2.38. The van der Waals surface area contributed by atoms with E-state index in [0.29, 0.717) is 25.0 Å². The lowest BCUT2D eigenvalue weighted by atomic mass is 9.70. The molecular weight excluding hydrogens is 358 g/mol. The highest BCUT2D eigenvalue weighted by Crippen LogP contribution is 2.43. The van der Waals surface area contributed by atoms with E-state index >= 15 is 0 Å².